The molecule has 0 spiro atoms. The summed E-state index contributed by atoms with van der Waals surface area (Å²) in [4.78, 5) is 2.46. The van der Waals surface area contributed by atoms with Gasteiger partial charge in [-0.25, -0.2) is 0 Å². The normalized spacial score (nSPS) is 24.6. The van der Waals surface area contributed by atoms with Gasteiger partial charge in [0, 0.05) is 0 Å². The zero-order valence-corrected chi connectivity index (χ0v) is 10.2. The molecule has 2 rings (SSSR count). The first-order valence-electron chi connectivity index (χ1n) is 6.74. The average molecular weight is 210 g/mol. The first-order chi connectivity index (χ1) is 7.34. The molecular weight excluding hydrogens is 184 g/mol. The molecule has 0 aromatic carbocycles. The smallest absolute Gasteiger partial charge is 0.00191 e. The van der Waals surface area contributed by atoms with Gasteiger partial charge in [0.25, 0.3) is 0 Å². The number of likely N-dealkylation sites (tertiary alicyclic amines) is 1. The minimum atomic E-state index is 0.995. The molecule has 1 heterocycles. The van der Waals surface area contributed by atoms with E-state index in [1.54, 1.807) is 0 Å². The number of hydrogen-bond acceptors (Lipinski definition) is 2. The van der Waals surface area contributed by atoms with E-state index in [-0.39, 0.29) is 0 Å². The van der Waals surface area contributed by atoms with E-state index in [2.05, 4.69) is 17.3 Å². The van der Waals surface area contributed by atoms with Crippen LogP contribution in [0.5, 0.6) is 0 Å². The fourth-order valence-corrected chi connectivity index (χ4v) is 2.49. The van der Waals surface area contributed by atoms with Crippen LogP contribution in [0.2, 0.25) is 0 Å². The number of rotatable bonds is 6. The van der Waals surface area contributed by atoms with Crippen LogP contribution in [-0.4, -0.2) is 38.1 Å². The molecule has 0 bridgehead atoms. The highest BCUT2D eigenvalue weighted by Gasteiger charge is 2.20. The van der Waals surface area contributed by atoms with Gasteiger partial charge >= 0.3 is 0 Å². The van der Waals surface area contributed by atoms with Crippen molar-refractivity contribution in [2.24, 2.45) is 11.8 Å². The average Bonchev–Trinajstić information content (AvgIpc) is 3.04. The maximum absolute atomic E-state index is 3.60. The van der Waals surface area contributed by atoms with Crippen molar-refractivity contribution in [1.29, 1.82) is 0 Å². The summed E-state index contributed by atoms with van der Waals surface area (Å²) < 4.78 is 0. The largest absolute Gasteiger partial charge is 0.317 e. The van der Waals surface area contributed by atoms with Crippen molar-refractivity contribution in [2.75, 3.05) is 33.2 Å². The van der Waals surface area contributed by atoms with Gasteiger partial charge in [-0.3, -0.25) is 0 Å². The Labute approximate surface area is 94.4 Å². The molecule has 0 amide bonds. The Balaban J connectivity index is 1.43. The molecule has 0 aromatic rings. The van der Waals surface area contributed by atoms with Gasteiger partial charge in [0.05, 0.1) is 0 Å². The Morgan fingerprint density at radius 3 is 2.00 bits per heavy atom. The molecule has 2 heteroatoms. The van der Waals surface area contributed by atoms with Gasteiger partial charge in [-0.15, -0.1) is 0 Å². The van der Waals surface area contributed by atoms with Gasteiger partial charge < -0.3 is 10.2 Å². The van der Waals surface area contributed by atoms with Gasteiger partial charge in [-0.2, -0.15) is 0 Å². The molecule has 2 nitrogen and oxygen atoms in total. The molecule has 1 saturated heterocycles. The van der Waals surface area contributed by atoms with E-state index in [1.807, 2.05) is 0 Å². The summed E-state index contributed by atoms with van der Waals surface area (Å²) in [6, 6.07) is 0. The Bertz CT molecular complexity index is 169. The van der Waals surface area contributed by atoms with Crippen LogP contribution in [0.3, 0.4) is 0 Å². The predicted octanol–water partition coefficient (Wildman–Crippen LogP) is 2.11. The summed E-state index contributed by atoms with van der Waals surface area (Å²) in [5.41, 5.74) is 0. The molecule has 2 fully saturated rings. The molecule has 0 unspecified atom stereocenters. The molecule has 1 N–H and O–H groups in total. The van der Waals surface area contributed by atoms with E-state index in [4.69, 9.17) is 0 Å². The van der Waals surface area contributed by atoms with Crippen LogP contribution in [0.15, 0.2) is 0 Å². The van der Waals surface area contributed by atoms with E-state index in [0.717, 1.165) is 11.8 Å². The predicted molar refractivity (Wildman–Crippen MR) is 65.0 cm³/mol. The fourth-order valence-electron chi connectivity index (χ4n) is 2.49. The van der Waals surface area contributed by atoms with Crippen molar-refractivity contribution in [3.8, 4) is 0 Å². The third-order valence-electron chi connectivity index (χ3n) is 3.99. The molecule has 2 aliphatic rings. The highest BCUT2D eigenvalue weighted by molar-refractivity contribution is 4.74. The quantitative estimate of drug-likeness (QED) is 0.676. The summed E-state index contributed by atoms with van der Waals surface area (Å²) in [6.45, 7) is 5.14. The van der Waals surface area contributed by atoms with Gasteiger partial charge in [0.2, 0.25) is 0 Å². The zero-order valence-electron chi connectivity index (χ0n) is 10.2. The summed E-state index contributed by atoms with van der Waals surface area (Å²) in [7, 11) is 2.24. The minimum Gasteiger partial charge on any atom is -0.317 e. The van der Waals surface area contributed by atoms with E-state index in [1.165, 1.54) is 64.7 Å². The second-order valence-electron chi connectivity index (χ2n) is 5.52. The van der Waals surface area contributed by atoms with E-state index in [9.17, 15) is 0 Å². The first-order valence-corrected chi connectivity index (χ1v) is 6.74. The lowest BCUT2D eigenvalue weighted by Crippen LogP contribution is -2.31. The van der Waals surface area contributed by atoms with Crippen LogP contribution < -0.4 is 5.32 Å². The lowest BCUT2D eigenvalue weighted by atomic mass is 9.94. The second-order valence-corrected chi connectivity index (χ2v) is 5.52. The van der Waals surface area contributed by atoms with Gasteiger partial charge in [-0.05, 0) is 70.7 Å². The summed E-state index contributed by atoms with van der Waals surface area (Å²) in [6.07, 6.45) is 8.65. The Morgan fingerprint density at radius 1 is 0.933 bits per heavy atom. The van der Waals surface area contributed by atoms with Crippen LogP contribution in [0.25, 0.3) is 0 Å². The third kappa shape index (κ3) is 4.52. The van der Waals surface area contributed by atoms with E-state index >= 15 is 0 Å². The lowest BCUT2D eigenvalue weighted by Gasteiger charge is -2.28. The highest BCUT2D eigenvalue weighted by Crippen LogP contribution is 2.31. The van der Waals surface area contributed by atoms with Crippen LogP contribution in [0.4, 0.5) is 0 Å². The number of hydrogen-bond donors (Lipinski definition) is 1. The van der Waals surface area contributed by atoms with Gasteiger partial charge in [0.15, 0.2) is 0 Å². The summed E-state index contributed by atoms with van der Waals surface area (Å²) in [5.74, 6) is 2.08. The van der Waals surface area contributed by atoms with Gasteiger partial charge in [-0.1, -0.05) is 12.8 Å². The first kappa shape index (κ1) is 11.4. The van der Waals surface area contributed by atoms with Crippen LogP contribution in [0.1, 0.15) is 38.5 Å². The Kier molecular flexibility index (Phi) is 4.45. The molecule has 15 heavy (non-hydrogen) atoms. The molecular formula is C13H26N2. The fraction of sp³-hybridized carbons (Fsp3) is 1.00. The molecule has 0 atom stereocenters. The SMILES string of the molecule is CN1CCC(CCNCCC2CC2)CC1. The maximum atomic E-state index is 3.60. The molecule has 0 aromatic heterocycles. The van der Waals surface area contributed by atoms with Crippen molar-refractivity contribution >= 4 is 0 Å². The van der Waals surface area contributed by atoms with Crippen LogP contribution in [-0.2, 0) is 0 Å². The maximum Gasteiger partial charge on any atom is -0.00191 e. The Hall–Kier alpha value is -0.0800. The van der Waals surface area contributed by atoms with E-state index < -0.39 is 0 Å². The zero-order chi connectivity index (χ0) is 10.5. The van der Waals surface area contributed by atoms with Crippen molar-refractivity contribution in [1.82, 2.24) is 10.2 Å². The monoisotopic (exact) mass is 210 g/mol. The third-order valence-corrected chi connectivity index (χ3v) is 3.99. The van der Waals surface area contributed by atoms with Crippen LogP contribution >= 0.6 is 0 Å². The summed E-state index contributed by atoms with van der Waals surface area (Å²) in [5, 5.41) is 3.60. The number of piperidine rings is 1. The lowest BCUT2D eigenvalue weighted by molar-refractivity contribution is 0.211. The van der Waals surface area contributed by atoms with Crippen molar-refractivity contribution in [3.05, 3.63) is 0 Å². The molecule has 1 aliphatic carbocycles. The standard InChI is InChI=1S/C13H26N2/c1-15-10-6-13(7-11-15)5-9-14-8-4-12-2-3-12/h12-14H,2-11H2,1H3. The van der Waals surface area contributed by atoms with Crippen molar-refractivity contribution in [2.45, 2.75) is 38.5 Å². The molecule has 88 valence electrons. The highest BCUT2D eigenvalue weighted by atomic mass is 15.1. The number of nitrogens with zero attached hydrogens (tertiary/aromatic N) is 1. The second kappa shape index (κ2) is 5.86. The van der Waals surface area contributed by atoms with Crippen LogP contribution in [0, 0.1) is 11.8 Å². The minimum absolute atomic E-state index is 0.995. The van der Waals surface area contributed by atoms with Crippen molar-refractivity contribution in [3.63, 3.8) is 0 Å². The van der Waals surface area contributed by atoms with Crippen molar-refractivity contribution < 1.29 is 0 Å². The Morgan fingerprint density at radius 2 is 1.47 bits per heavy atom. The van der Waals surface area contributed by atoms with E-state index in [0.29, 0.717) is 0 Å². The topological polar surface area (TPSA) is 15.3 Å². The molecule has 0 radical (unpaired) electrons. The van der Waals surface area contributed by atoms with Gasteiger partial charge in [0.1, 0.15) is 0 Å². The summed E-state index contributed by atoms with van der Waals surface area (Å²) >= 11 is 0. The molecule has 1 aliphatic heterocycles. The molecule has 1 saturated carbocycles. The number of nitrogens with one attached hydrogen (secondary N) is 1.